The van der Waals surface area contributed by atoms with E-state index in [1.165, 1.54) is 17.9 Å². The molecule has 0 bridgehead atoms. The number of furan rings is 1. The van der Waals surface area contributed by atoms with E-state index >= 15 is 0 Å². The van der Waals surface area contributed by atoms with Crippen LogP contribution in [-0.4, -0.2) is 27.9 Å². The number of hydrogen-bond acceptors (Lipinski definition) is 5. The maximum atomic E-state index is 12.4. The molecule has 5 nitrogen and oxygen atoms in total. The molecule has 0 unspecified atom stereocenters. The number of alkyl halides is 3. The second-order valence-corrected chi connectivity index (χ2v) is 12.7. The lowest BCUT2D eigenvalue weighted by molar-refractivity contribution is -0.178. The van der Waals surface area contributed by atoms with Gasteiger partial charge in [-0.25, -0.2) is 4.79 Å². The number of rotatable bonds is 4. The highest BCUT2D eigenvalue weighted by Gasteiger charge is 2.58. The SMILES string of the molecule is C[C@]12CC[C@H]3[C@H](CCC4=CC(=O)CC[C@H]43)[C@@H]1CC[C@H]2O[C@H](OC(=O)c1ccco1)C(Cl)(Cl)Cl. The highest BCUT2D eigenvalue weighted by molar-refractivity contribution is 6.68. The van der Waals surface area contributed by atoms with Gasteiger partial charge in [-0.2, -0.15) is 0 Å². The van der Waals surface area contributed by atoms with Gasteiger partial charge in [-0.15, -0.1) is 0 Å². The van der Waals surface area contributed by atoms with Crippen LogP contribution in [0.4, 0.5) is 0 Å². The first-order valence-electron chi connectivity index (χ1n) is 11.9. The quantitative estimate of drug-likeness (QED) is 0.255. The van der Waals surface area contributed by atoms with E-state index in [9.17, 15) is 9.59 Å². The summed E-state index contributed by atoms with van der Waals surface area (Å²) < 4.78 is 14.9. The summed E-state index contributed by atoms with van der Waals surface area (Å²) in [7, 11) is 0. The molecule has 4 aliphatic carbocycles. The van der Waals surface area contributed by atoms with Gasteiger partial charge in [0, 0.05) is 6.42 Å². The van der Waals surface area contributed by atoms with Gasteiger partial charge in [0.2, 0.25) is 5.76 Å². The fraction of sp³-hybridized carbons (Fsp3) is 0.680. The molecule has 0 spiro atoms. The average Bonchev–Trinajstić information content (AvgIpc) is 3.40. The van der Waals surface area contributed by atoms with E-state index in [0.717, 1.165) is 44.9 Å². The Labute approximate surface area is 209 Å². The number of ether oxygens (including phenoxy) is 2. The van der Waals surface area contributed by atoms with Gasteiger partial charge in [0.15, 0.2) is 5.78 Å². The molecule has 0 radical (unpaired) electrons. The first kappa shape index (κ1) is 23.7. The summed E-state index contributed by atoms with van der Waals surface area (Å²) in [6.45, 7) is 2.28. The highest BCUT2D eigenvalue weighted by Crippen LogP contribution is 2.62. The predicted octanol–water partition coefficient (Wildman–Crippen LogP) is 6.66. The minimum atomic E-state index is -1.92. The summed E-state index contributed by atoms with van der Waals surface area (Å²) in [6, 6.07) is 3.09. The molecule has 0 aliphatic heterocycles. The van der Waals surface area contributed by atoms with E-state index in [-0.39, 0.29) is 23.1 Å². The van der Waals surface area contributed by atoms with Crippen molar-refractivity contribution in [2.45, 2.75) is 74.5 Å². The van der Waals surface area contributed by atoms with Crippen molar-refractivity contribution in [3.8, 4) is 0 Å². The molecular formula is C25H29Cl3O5. The standard InChI is InChI=1S/C25H29Cl3O5/c1-24-11-10-17-16-7-5-15(29)13-14(16)4-6-18(17)19(24)8-9-21(24)32-23(25(26,27)28)33-22(30)20-3-2-12-31-20/h2-3,12-13,16-19,21,23H,4-11H2,1H3/t16-,17-,18+,19+,21-,23-,24+/m1/s1. The summed E-state index contributed by atoms with van der Waals surface area (Å²) >= 11 is 18.5. The lowest BCUT2D eigenvalue weighted by Gasteiger charge is -2.54. The lowest BCUT2D eigenvalue weighted by atomic mass is 9.52. The minimum Gasteiger partial charge on any atom is -0.457 e. The topological polar surface area (TPSA) is 65.7 Å². The van der Waals surface area contributed by atoms with Gasteiger partial charge in [0.05, 0.1) is 12.4 Å². The van der Waals surface area contributed by atoms with Gasteiger partial charge in [-0.3, -0.25) is 4.79 Å². The van der Waals surface area contributed by atoms with Gasteiger partial charge in [0.1, 0.15) is 0 Å². The third-order valence-corrected chi connectivity index (χ3v) is 9.24. The molecule has 7 atom stereocenters. The Bertz CT molecular complexity index is 936. The average molecular weight is 516 g/mol. The van der Waals surface area contributed by atoms with Crippen LogP contribution in [0.1, 0.15) is 68.8 Å². The number of hydrogen-bond donors (Lipinski definition) is 0. The maximum absolute atomic E-state index is 12.4. The number of carbonyl (C=O) groups is 2. The fourth-order valence-corrected chi connectivity index (χ4v) is 7.52. The minimum absolute atomic E-state index is 0.0332. The molecule has 0 aromatic carbocycles. The summed E-state index contributed by atoms with van der Waals surface area (Å²) in [5, 5.41) is 0. The third-order valence-electron chi connectivity index (χ3n) is 8.70. The van der Waals surface area contributed by atoms with Crippen molar-refractivity contribution < 1.29 is 23.5 Å². The predicted molar refractivity (Wildman–Crippen MR) is 125 cm³/mol. The molecule has 1 heterocycles. The van der Waals surface area contributed by atoms with Crippen LogP contribution in [0, 0.1) is 29.1 Å². The zero-order chi connectivity index (χ0) is 23.4. The van der Waals surface area contributed by atoms with Gasteiger partial charge in [0.25, 0.3) is 10.1 Å². The van der Waals surface area contributed by atoms with Crippen LogP contribution in [0.25, 0.3) is 0 Å². The largest absolute Gasteiger partial charge is 0.457 e. The lowest BCUT2D eigenvalue weighted by Crippen LogP contribution is -2.49. The molecule has 33 heavy (non-hydrogen) atoms. The van der Waals surface area contributed by atoms with Crippen molar-refractivity contribution >= 4 is 46.6 Å². The van der Waals surface area contributed by atoms with Crippen LogP contribution >= 0.6 is 34.8 Å². The third kappa shape index (κ3) is 4.39. The smallest absolute Gasteiger partial charge is 0.376 e. The van der Waals surface area contributed by atoms with Crippen molar-refractivity contribution in [3.05, 3.63) is 35.8 Å². The number of esters is 1. The Hall–Kier alpha value is -1.01. The number of ketones is 1. The molecule has 0 saturated heterocycles. The highest BCUT2D eigenvalue weighted by atomic mass is 35.6. The van der Waals surface area contributed by atoms with Crippen LogP contribution in [-0.2, 0) is 14.3 Å². The number of allylic oxidation sites excluding steroid dienone is 1. The molecule has 0 N–H and O–H groups in total. The maximum Gasteiger partial charge on any atom is 0.376 e. The Morgan fingerprint density at radius 3 is 2.70 bits per heavy atom. The monoisotopic (exact) mass is 514 g/mol. The van der Waals surface area contributed by atoms with Crippen molar-refractivity contribution in [2.24, 2.45) is 29.1 Å². The Morgan fingerprint density at radius 1 is 1.15 bits per heavy atom. The summed E-state index contributed by atoms with van der Waals surface area (Å²) in [5.74, 6) is 1.91. The van der Waals surface area contributed by atoms with E-state index in [2.05, 4.69) is 6.92 Å². The second kappa shape index (κ2) is 8.89. The summed E-state index contributed by atoms with van der Waals surface area (Å²) in [6.07, 6.45) is 9.64. The van der Waals surface area contributed by atoms with E-state index in [1.54, 1.807) is 6.07 Å². The van der Waals surface area contributed by atoms with Crippen molar-refractivity contribution in [1.82, 2.24) is 0 Å². The van der Waals surface area contributed by atoms with Crippen LogP contribution < -0.4 is 0 Å². The van der Waals surface area contributed by atoms with Gasteiger partial charge in [-0.1, -0.05) is 47.3 Å². The molecule has 3 saturated carbocycles. The fourth-order valence-electron chi connectivity index (χ4n) is 7.23. The second-order valence-electron chi connectivity index (χ2n) is 10.3. The van der Waals surface area contributed by atoms with Crippen LogP contribution in [0.5, 0.6) is 0 Å². The zero-order valence-electron chi connectivity index (χ0n) is 18.6. The van der Waals surface area contributed by atoms with E-state index in [1.807, 2.05) is 6.08 Å². The van der Waals surface area contributed by atoms with Gasteiger partial charge in [-0.05, 0) is 92.2 Å². The van der Waals surface area contributed by atoms with Crippen molar-refractivity contribution in [3.63, 3.8) is 0 Å². The molecule has 5 rings (SSSR count). The zero-order valence-corrected chi connectivity index (χ0v) is 20.9. The number of carbonyl (C=O) groups excluding carboxylic acids is 2. The summed E-state index contributed by atoms with van der Waals surface area (Å²) in [4.78, 5) is 24.4. The molecule has 0 amide bonds. The Balaban J connectivity index is 1.32. The molecule has 1 aromatic heterocycles. The normalized spacial score (nSPS) is 36.9. The first-order valence-corrected chi connectivity index (χ1v) is 13.0. The number of fused-ring (bicyclic) bond motifs is 5. The van der Waals surface area contributed by atoms with Crippen LogP contribution in [0.3, 0.4) is 0 Å². The molecule has 4 aliphatic rings. The van der Waals surface area contributed by atoms with Crippen LogP contribution in [0.15, 0.2) is 34.5 Å². The molecule has 3 fully saturated rings. The molecular weight excluding hydrogens is 487 g/mol. The van der Waals surface area contributed by atoms with E-state index in [4.69, 9.17) is 48.7 Å². The number of halogens is 3. The van der Waals surface area contributed by atoms with E-state index < -0.39 is 16.1 Å². The van der Waals surface area contributed by atoms with E-state index in [0.29, 0.717) is 30.1 Å². The molecule has 1 aromatic rings. The van der Waals surface area contributed by atoms with Crippen molar-refractivity contribution in [2.75, 3.05) is 0 Å². The summed E-state index contributed by atoms with van der Waals surface area (Å²) in [5.41, 5.74) is 1.31. The van der Waals surface area contributed by atoms with Gasteiger partial charge >= 0.3 is 5.97 Å². The van der Waals surface area contributed by atoms with Crippen LogP contribution in [0.2, 0.25) is 0 Å². The Morgan fingerprint density at radius 2 is 1.97 bits per heavy atom. The Kier molecular flexibility index (Phi) is 6.39. The first-order chi connectivity index (χ1) is 15.7. The van der Waals surface area contributed by atoms with Gasteiger partial charge < -0.3 is 13.9 Å². The molecule has 8 heteroatoms. The van der Waals surface area contributed by atoms with Crippen molar-refractivity contribution in [1.29, 1.82) is 0 Å². The molecule has 180 valence electrons.